The summed E-state index contributed by atoms with van der Waals surface area (Å²) in [6.45, 7) is 3.79. The fourth-order valence-electron chi connectivity index (χ4n) is 1.75. The predicted octanol–water partition coefficient (Wildman–Crippen LogP) is 3.03. The van der Waals surface area contributed by atoms with Crippen LogP contribution in [0.2, 0.25) is 0 Å². The lowest BCUT2D eigenvalue weighted by molar-refractivity contribution is -0.139. The van der Waals surface area contributed by atoms with Gasteiger partial charge in [-0.3, -0.25) is 9.78 Å². The normalized spacial score (nSPS) is 12.6. The van der Waals surface area contributed by atoms with Crippen molar-refractivity contribution in [1.82, 2.24) is 9.97 Å². The molecule has 5 heteroatoms. The van der Waals surface area contributed by atoms with Crippen molar-refractivity contribution in [3.63, 3.8) is 0 Å². The summed E-state index contributed by atoms with van der Waals surface area (Å²) in [6, 6.07) is 3.75. The van der Waals surface area contributed by atoms with Crippen LogP contribution in [0.25, 0.3) is 11.3 Å². The number of carboxylic acid groups (broad SMARTS) is 1. The minimum atomic E-state index is -0.822. The Labute approximate surface area is 109 Å². The van der Waals surface area contributed by atoms with Gasteiger partial charge in [-0.15, -0.1) is 11.3 Å². The largest absolute Gasteiger partial charge is 0.481 e. The van der Waals surface area contributed by atoms with Crippen LogP contribution in [0.15, 0.2) is 29.9 Å². The monoisotopic (exact) mass is 262 g/mol. The maximum Gasteiger partial charge on any atom is 0.313 e. The Hall–Kier alpha value is -1.75. The summed E-state index contributed by atoms with van der Waals surface area (Å²) in [5, 5.41) is 11.8. The lowest BCUT2D eigenvalue weighted by atomic mass is 9.97. The van der Waals surface area contributed by atoms with E-state index in [9.17, 15) is 9.90 Å². The van der Waals surface area contributed by atoms with Crippen molar-refractivity contribution in [2.75, 3.05) is 0 Å². The van der Waals surface area contributed by atoms with Gasteiger partial charge in [-0.05, 0) is 18.1 Å². The van der Waals surface area contributed by atoms with Gasteiger partial charge in [0.2, 0.25) is 0 Å². The van der Waals surface area contributed by atoms with Crippen molar-refractivity contribution in [1.29, 1.82) is 0 Å². The van der Waals surface area contributed by atoms with Gasteiger partial charge >= 0.3 is 5.97 Å². The van der Waals surface area contributed by atoms with E-state index in [4.69, 9.17) is 0 Å². The topological polar surface area (TPSA) is 63.1 Å². The van der Waals surface area contributed by atoms with Crippen LogP contribution in [-0.4, -0.2) is 21.0 Å². The molecule has 0 aliphatic carbocycles. The molecular weight excluding hydrogens is 248 g/mol. The molecular formula is C13H14N2O2S. The van der Waals surface area contributed by atoms with Gasteiger partial charge in [0.1, 0.15) is 10.9 Å². The first-order valence-electron chi connectivity index (χ1n) is 5.68. The number of thiazole rings is 1. The second-order valence-corrected chi connectivity index (χ2v) is 5.26. The Morgan fingerprint density at radius 3 is 2.78 bits per heavy atom. The molecule has 1 N–H and O–H groups in total. The van der Waals surface area contributed by atoms with E-state index in [0.29, 0.717) is 5.01 Å². The van der Waals surface area contributed by atoms with Crippen LogP contribution in [0.5, 0.6) is 0 Å². The van der Waals surface area contributed by atoms with Gasteiger partial charge in [0, 0.05) is 23.3 Å². The molecule has 2 aromatic heterocycles. The molecule has 2 heterocycles. The molecule has 0 fully saturated rings. The molecule has 4 nitrogen and oxygen atoms in total. The lowest BCUT2D eigenvalue weighted by Gasteiger charge is -2.12. The van der Waals surface area contributed by atoms with Gasteiger partial charge in [-0.1, -0.05) is 13.8 Å². The molecule has 2 aromatic rings. The van der Waals surface area contributed by atoms with Gasteiger partial charge < -0.3 is 5.11 Å². The summed E-state index contributed by atoms with van der Waals surface area (Å²) in [7, 11) is 0. The zero-order valence-electron chi connectivity index (χ0n) is 10.2. The van der Waals surface area contributed by atoms with E-state index >= 15 is 0 Å². The zero-order chi connectivity index (χ0) is 13.1. The molecule has 0 aromatic carbocycles. The molecule has 0 aliphatic rings. The molecule has 0 aliphatic heterocycles. The van der Waals surface area contributed by atoms with E-state index in [-0.39, 0.29) is 5.92 Å². The maximum absolute atomic E-state index is 11.2. The number of aliphatic carboxylic acids is 1. The van der Waals surface area contributed by atoms with E-state index in [1.54, 1.807) is 12.4 Å². The number of hydrogen-bond acceptors (Lipinski definition) is 4. The Morgan fingerprint density at radius 2 is 2.22 bits per heavy atom. The number of carboxylic acids is 1. The van der Waals surface area contributed by atoms with Crippen molar-refractivity contribution in [3.05, 3.63) is 34.9 Å². The predicted molar refractivity (Wildman–Crippen MR) is 70.6 cm³/mol. The van der Waals surface area contributed by atoms with E-state index in [0.717, 1.165) is 11.3 Å². The van der Waals surface area contributed by atoms with Crippen LogP contribution in [0, 0.1) is 5.92 Å². The van der Waals surface area contributed by atoms with Crippen LogP contribution in [0.4, 0.5) is 0 Å². The highest BCUT2D eigenvalue weighted by Gasteiger charge is 2.26. The molecule has 0 spiro atoms. The van der Waals surface area contributed by atoms with Crippen molar-refractivity contribution >= 4 is 17.3 Å². The third-order valence-corrected chi connectivity index (χ3v) is 3.61. The van der Waals surface area contributed by atoms with Crippen molar-refractivity contribution < 1.29 is 9.90 Å². The number of carbonyl (C=O) groups is 1. The number of rotatable bonds is 4. The molecule has 94 valence electrons. The van der Waals surface area contributed by atoms with Crippen molar-refractivity contribution in [2.45, 2.75) is 19.8 Å². The first kappa shape index (κ1) is 12.7. The highest BCUT2D eigenvalue weighted by molar-refractivity contribution is 7.10. The third kappa shape index (κ3) is 2.56. The van der Waals surface area contributed by atoms with Crippen LogP contribution in [-0.2, 0) is 4.79 Å². The van der Waals surface area contributed by atoms with Gasteiger partial charge in [0.15, 0.2) is 0 Å². The minimum Gasteiger partial charge on any atom is -0.481 e. The molecule has 0 radical (unpaired) electrons. The molecule has 0 saturated carbocycles. The number of hydrogen-bond donors (Lipinski definition) is 1. The van der Waals surface area contributed by atoms with Crippen LogP contribution in [0.3, 0.4) is 0 Å². The van der Waals surface area contributed by atoms with E-state index < -0.39 is 11.9 Å². The third-order valence-electron chi connectivity index (χ3n) is 2.68. The second kappa shape index (κ2) is 5.27. The molecule has 18 heavy (non-hydrogen) atoms. The first-order chi connectivity index (χ1) is 8.59. The highest BCUT2D eigenvalue weighted by Crippen LogP contribution is 2.30. The molecule has 2 rings (SSSR count). The number of aromatic nitrogens is 2. The Bertz CT molecular complexity index is 537. The SMILES string of the molecule is CC(C)C(C(=O)O)c1nc(-c2cccnc2)cs1. The van der Waals surface area contributed by atoms with Crippen LogP contribution < -0.4 is 0 Å². The van der Waals surface area contributed by atoms with E-state index in [1.165, 1.54) is 11.3 Å². The molecule has 0 bridgehead atoms. The lowest BCUT2D eigenvalue weighted by Crippen LogP contribution is -2.17. The first-order valence-corrected chi connectivity index (χ1v) is 6.56. The van der Waals surface area contributed by atoms with E-state index in [2.05, 4.69) is 9.97 Å². The standard InChI is InChI=1S/C13H14N2O2S/c1-8(2)11(13(16)17)12-15-10(7-18-12)9-4-3-5-14-6-9/h3-8,11H,1-2H3,(H,16,17). The summed E-state index contributed by atoms with van der Waals surface area (Å²) in [5.74, 6) is -1.34. The van der Waals surface area contributed by atoms with Gasteiger partial charge in [0.25, 0.3) is 0 Å². The minimum absolute atomic E-state index is 0.0235. The molecule has 0 saturated heterocycles. The van der Waals surface area contributed by atoms with Crippen LogP contribution in [0.1, 0.15) is 24.8 Å². The quantitative estimate of drug-likeness (QED) is 0.920. The summed E-state index contributed by atoms with van der Waals surface area (Å²) in [5.41, 5.74) is 1.70. The Balaban J connectivity index is 2.33. The molecule has 0 amide bonds. The van der Waals surface area contributed by atoms with E-state index in [1.807, 2.05) is 31.4 Å². The summed E-state index contributed by atoms with van der Waals surface area (Å²) in [6.07, 6.45) is 3.43. The highest BCUT2D eigenvalue weighted by atomic mass is 32.1. The smallest absolute Gasteiger partial charge is 0.313 e. The van der Waals surface area contributed by atoms with Gasteiger partial charge in [-0.25, -0.2) is 4.98 Å². The van der Waals surface area contributed by atoms with Gasteiger partial charge in [0.05, 0.1) is 5.69 Å². The number of pyridine rings is 1. The summed E-state index contributed by atoms with van der Waals surface area (Å²) >= 11 is 1.39. The summed E-state index contributed by atoms with van der Waals surface area (Å²) in [4.78, 5) is 19.7. The Morgan fingerprint density at radius 1 is 1.44 bits per heavy atom. The average molecular weight is 262 g/mol. The van der Waals surface area contributed by atoms with Crippen molar-refractivity contribution in [2.24, 2.45) is 5.92 Å². The second-order valence-electron chi connectivity index (χ2n) is 4.37. The fraction of sp³-hybridized carbons (Fsp3) is 0.308. The zero-order valence-corrected chi connectivity index (χ0v) is 11.0. The van der Waals surface area contributed by atoms with Crippen LogP contribution >= 0.6 is 11.3 Å². The number of nitrogens with zero attached hydrogens (tertiary/aromatic N) is 2. The van der Waals surface area contributed by atoms with Gasteiger partial charge in [-0.2, -0.15) is 0 Å². The maximum atomic E-state index is 11.2. The summed E-state index contributed by atoms with van der Waals surface area (Å²) < 4.78 is 0. The van der Waals surface area contributed by atoms with Crippen molar-refractivity contribution in [3.8, 4) is 11.3 Å². The molecule has 1 unspecified atom stereocenters. The fourth-order valence-corrected chi connectivity index (χ4v) is 2.85. The molecule has 1 atom stereocenters. The average Bonchev–Trinajstić information content (AvgIpc) is 2.78. The Kier molecular flexibility index (Phi) is 3.72.